The summed E-state index contributed by atoms with van der Waals surface area (Å²) in [7, 11) is 0. The molecule has 0 amide bonds. The third kappa shape index (κ3) is 3.53. The van der Waals surface area contributed by atoms with Crippen molar-refractivity contribution in [3.05, 3.63) is 29.1 Å². The van der Waals surface area contributed by atoms with E-state index in [4.69, 9.17) is 21.7 Å². The molecule has 0 saturated carbocycles. The molecule has 1 aromatic rings. The lowest BCUT2D eigenvalue weighted by molar-refractivity contribution is -0.143. The van der Waals surface area contributed by atoms with Crippen LogP contribution in [0.4, 0.5) is 13.2 Å². The van der Waals surface area contributed by atoms with Crippen LogP contribution in [0.15, 0.2) is 12.3 Å². The Hall–Kier alpha value is -1.29. The van der Waals surface area contributed by atoms with E-state index in [0.29, 0.717) is 12.2 Å². The van der Waals surface area contributed by atoms with Gasteiger partial charge in [-0.15, -0.1) is 0 Å². The van der Waals surface area contributed by atoms with Crippen molar-refractivity contribution in [1.82, 2.24) is 14.8 Å². The van der Waals surface area contributed by atoms with Crippen molar-refractivity contribution < 1.29 is 22.6 Å². The Balaban J connectivity index is 1.88. The number of halogens is 3. The van der Waals surface area contributed by atoms with Gasteiger partial charge >= 0.3 is 6.18 Å². The van der Waals surface area contributed by atoms with Gasteiger partial charge in [0.1, 0.15) is 5.69 Å². The molecule has 1 atom stereocenters. The summed E-state index contributed by atoms with van der Waals surface area (Å²) in [5.74, 6) is 0. The fourth-order valence-corrected chi connectivity index (χ4v) is 3.07. The summed E-state index contributed by atoms with van der Waals surface area (Å²) in [5, 5.41) is 0. The first kappa shape index (κ1) is 17.5. The van der Waals surface area contributed by atoms with E-state index >= 15 is 0 Å². The molecule has 132 valence electrons. The molecular formula is C15H18F3N3O2S. The van der Waals surface area contributed by atoms with Crippen molar-refractivity contribution in [3.8, 4) is 0 Å². The van der Waals surface area contributed by atoms with E-state index in [-0.39, 0.29) is 24.9 Å². The normalized spacial score (nSPS) is 21.4. The van der Waals surface area contributed by atoms with Gasteiger partial charge in [-0.3, -0.25) is 9.88 Å². The Kier molecular flexibility index (Phi) is 5.05. The van der Waals surface area contributed by atoms with Crippen molar-refractivity contribution in [3.63, 3.8) is 0 Å². The Morgan fingerprint density at radius 3 is 2.62 bits per heavy atom. The van der Waals surface area contributed by atoms with Gasteiger partial charge in [-0.2, -0.15) is 13.2 Å². The van der Waals surface area contributed by atoms with Crippen LogP contribution in [0.2, 0.25) is 0 Å². The molecule has 5 nitrogen and oxygen atoms in total. The first-order chi connectivity index (χ1) is 11.4. The predicted octanol–water partition coefficient (Wildman–Crippen LogP) is 2.74. The smallest absolute Gasteiger partial charge is 0.354 e. The van der Waals surface area contributed by atoms with Crippen LogP contribution in [-0.4, -0.2) is 53.2 Å². The molecule has 24 heavy (non-hydrogen) atoms. The first-order valence-corrected chi connectivity index (χ1v) is 8.11. The highest BCUT2D eigenvalue weighted by Gasteiger charge is 2.39. The van der Waals surface area contributed by atoms with Gasteiger partial charge in [0.15, 0.2) is 0 Å². The Morgan fingerprint density at radius 1 is 1.33 bits per heavy atom. The topological polar surface area (TPSA) is 37.8 Å². The van der Waals surface area contributed by atoms with E-state index in [2.05, 4.69) is 9.88 Å². The molecular weight excluding hydrogens is 343 g/mol. The quantitative estimate of drug-likeness (QED) is 0.768. The van der Waals surface area contributed by atoms with E-state index in [0.717, 1.165) is 19.2 Å². The number of pyridine rings is 1. The van der Waals surface area contributed by atoms with Gasteiger partial charge in [0.2, 0.25) is 6.29 Å². The molecule has 2 aliphatic rings. The minimum Gasteiger partial charge on any atom is -0.354 e. The predicted molar refractivity (Wildman–Crippen MR) is 84.2 cm³/mol. The Bertz CT molecular complexity index is 608. The van der Waals surface area contributed by atoms with Crippen molar-refractivity contribution >= 4 is 17.7 Å². The van der Waals surface area contributed by atoms with Crippen molar-refractivity contribution in [2.75, 3.05) is 33.0 Å². The Morgan fingerprint density at radius 2 is 2.04 bits per heavy atom. The van der Waals surface area contributed by atoms with Crippen LogP contribution in [0.5, 0.6) is 0 Å². The molecule has 0 aromatic carbocycles. The second-order valence-corrected chi connectivity index (χ2v) is 6.03. The summed E-state index contributed by atoms with van der Waals surface area (Å²) in [5.41, 5.74) is 1.07. The number of hydrogen-bond acceptors (Lipinski definition) is 5. The number of rotatable bonds is 4. The summed E-state index contributed by atoms with van der Waals surface area (Å²) in [4.78, 5) is 8.02. The zero-order chi connectivity index (χ0) is 17.3. The average Bonchev–Trinajstić information content (AvgIpc) is 3.24. The van der Waals surface area contributed by atoms with Crippen LogP contribution in [0.1, 0.15) is 36.1 Å². The van der Waals surface area contributed by atoms with E-state index in [9.17, 15) is 13.2 Å². The zero-order valence-corrected chi connectivity index (χ0v) is 13.9. The number of nitrogens with zero attached hydrogens (tertiary/aromatic N) is 3. The molecule has 1 aromatic heterocycles. The molecule has 3 rings (SSSR count). The lowest BCUT2D eigenvalue weighted by Gasteiger charge is -2.25. The molecule has 0 aliphatic carbocycles. The maximum absolute atomic E-state index is 13.4. The summed E-state index contributed by atoms with van der Waals surface area (Å²) in [6.07, 6.45) is -4.10. The molecule has 3 heterocycles. The minimum absolute atomic E-state index is 0.196. The van der Waals surface area contributed by atoms with Crippen LogP contribution in [0, 0.1) is 0 Å². The molecule has 0 radical (unpaired) electrons. The molecule has 0 N–H and O–H groups in total. The van der Waals surface area contributed by atoms with Gasteiger partial charge in [0.05, 0.1) is 30.9 Å². The second-order valence-electron chi connectivity index (χ2n) is 5.82. The third-order valence-corrected chi connectivity index (χ3v) is 4.61. The lowest BCUT2D eigenvalue weighted by atomic mass is 10.0. The fraction of sp³-hybridized carbons (Fsp3) is 0.600. The van der Waals surface area contributed by atoms with Crippen molar-refractivity contribution in [2.24, 2.45) is 0 Å². The van der Waals surface area contributed by atoms with Gasteiger partial charge < -0.3 is 14.4 Å². The van der Waals surface area contributed by atoms with Crippen LogP contribution < -0.4 is 0 Å². The highest BCUT2D eigenvalue weighted by molar-refractivity contribution is 7.78. The monoisotopic (exact) mass is 361 g/mol. The van der Waals surface area contributed by atoms with Crippen LogP contribution in [-0.2, 0) is 15.7 Å². The van der Waals surface area contributed by atoms with Gasteiger partial charge in [0, 0.05) is 25.3 Å². The summed E-state index contributed by atoms with van der Waals surface area (Å²) in [6, 6.07) is 0.955. The first-order valence-electron chi connectivity index (χ1n) is 7.64. The van der Waals surface area contributed by atoms with Crippen LogP contribution in [0.3, 0.4) is 0 Å². The van der Waals surface area contributed by atoms with Gasteiger partial charge in [0.25, 0.3) is 0 Å². The van der Waals surface area contributed by atoms with Crippen LogP contribution in [0.25, 0.3) is 0 Å². The maximum Gasteiger partial charge on any atom is 0.418 e. The second kappa shape index (κ2) is 6.91. The highest BCUT2D eigenvalue weighted by Crippen LogP contribution is 2.38. The van der Waals surface area contributed by atoms with Gasteiger partial charge in [-0.05, 0) is 18.6 Å². The van der Waals surface area contributed by atoms with E-state index in [1.54, 1.807) is 5.49 Å². The minimum atomic E-state index is -4.52. The number of hydrogen-bond donors (Lipinski definition) is 0. The highest BCUT2D eigenvalue weighted by atomic mass is 32.1. The number of thiocarbonyl (C=S) groups is 1. The van der Waals surface area contributed by atoms with E-state index in [1.165, 1.54) is 6.20 Å². The van der Waals surface area contributed by atoms with Crippen molar-refractivity contribution in [1.29, 1.82) is 0 Å². The third-order valence-electron chi connectivity index (χ3n) is 4.31. The molecule has 0 spiro atoms. The standard InChI is InChI=1S/C15H18F3N3O2S/c1-10(21-3-2-20(8-21)9-24)11-6-12(15(16,17)18)13(19-7-11)14-22-4-5-23-14/h6-7,9-10,14H,2-5,8H2,1H3/t10-/m0/s1. The largest absolute Gasteiger partial charge is 0.418 e. The molecule has 0 unspecified atom stereocenters. The fourth-order valence-electron chi connectivity index (χ4n) is 2.90. The molecule has 2 saturated heterocycles. The zero-order valence-electron chi connectivity index (χ0n) is 13.1. The number of ether oxygens (including phenoxy) is 2. The van der Waals surface area contributed by atoms with Gasteiger partial charge in [-0.25, -0.2) is 0 Å². The molecule has 0 bridgehead atoms. The molecule has 9 heteroatoms. The molecule has 2 fully saturated rings. The summed E-state index contributed by atoms with van der Waals surface area (Å²) in [6.45, 7) is 4.52. The summed E-state index contributed by atoms with van der Waals surface area (Å²) < 4.78 is 50.7. The summed E-state index contributed by atoms with van der Waals surface area (Å²) >= 11 is 4.90. The van der Waals surface area contributed by atoms with E-state index in [1.807, 2.05) is 11.8 Å². The van der Waals surface area contributed by atoms with Crippen LogP contribution >= 0.6 is 12.2 Å². The SMILES string of the molecule is C[C@@H](c1cnc(C2OCCO2)c(C(F)(F)F)c1)N1CCN(C=S)C1. The number of aromatic nitrogens is 1. The number of alkyl halides is 3. The Labute approximate surface area is 143 Å². The van der Waals surface area contributed by atoms with Crippen molar-refractivity contribution in [2.45, 2.75) is 25.4 Å². The van der Waals surface area contributed by atoms with E-state index < -0.39 is 18.0 Å². The van der Waals surface area contributed by atoms with Gasteiger partial charge in [-0.1, -0.05) is 12.2 Å². The average molecular weight is 361 g/mol. The lowest BCUT2D eigenvalue weighted by Crippen LogP contribution is -2.27. The maximum atomic E-state index is 13.4. The molecule has 2 aliphatic heterocycles.